The van der Waals surface area contributed by atoms with Crippen LogP contribution >= 0.6 is 0 Å². The fraction of sp³-hybridized carbons (Fsp3) is 0.333. The summed E-state index contributed by atoms with van der Waals surface area (Å²) in [5.41, 5.74) is 12.0. The summed E-state index contributed by atoms with van der Waals surface area (Å²) >= 11 is 0. The van der Waals surface area contributed by atoms with Gasteiger partial charge in [-0.3, -0.25) is 4.90 Å². The molecule has 0 saturated heterocycles. The number of benzene rings is 1. The second-order valence-corrected chi connectivity index (χ2v) is 3.75. The highest BCUT2D eigenvalue weighted by Gasteiger charge is 2.02. The molecule has 1 rings (SSSR count). The normalized spacial score (nSPS) is 9.28. The van der Waals surface area contributed by atoms with E-state index in [1.54, 1.807) is 0 Å². The molecule has 0 spiro atoms. The summed E-state index contributed by atoms with van der Waals surface area (Å²) in [7, 11) is 0. The lowest BCUT2D eigenvalue weighted by molar-refractivity contribution is 0.337. The molecule has 1 aromatic carbocycles. The van der Waals surface area contributed by atoms with Crippen LogP contribution in [0.15, 0.2) is 30.3 Å². The molecule has 0 unspecified atom stereocenters. The summed E-state index contributed by atoms with van der Waals surface area (Å²) in [5.74, 6) is 11.8. The lowest BCUT2D eigenvalue weighted by Gasteiger charge is -2.16. The van der Waals surface area contributed by atoms with Crippen LogP contribution in [0.2, 0.25) is 0 Å². The summed E-state index contributed by atoms with van der Waals surface area (Å²) < 4.78 is 0. The lowest BCUT2D eigenvalue weighted by Crippen LogP contribution is -2.24. The van der Waals surface area contributed by atoms with E-state index in [-0.39, 0.29) is 0 Å². The van der Waals surface area contributed by atoms with E-state index in [0.29, 0.717) is 26.2 Å². The highest BCUT2D eigenvalue weighted by Crippen LogP contribution is 2.03. The maximum absolute atomic E-state index is 5.35. The molecule has 0 bridgehead atoms. The first-order valence-electron chi connectivity index (χ1n) is 5.94. The van der Waals surface area contributed by atoms with Gasteiger partial charge in [0.1, 0.15) is 0 Å². The highest BCUT2D eigenvalue weighted by atomic mass is 15.1. The van der Waals surface area contributed by atoms with Crippen molar-refractivity contribution in [3.05, 3.63) is 35.9 Å². The van der Waals surface area contributed by atoms with Crippen molar-refractivity contribution in [2.24, 2.45) is 11.5 Å². The SMILES string of the molecule is NCC#CCN(CC#CCN)Cc1ccccc1. The number of nitrogens with two attached hydrogens (primary N) is 2. The molecule has 4 N–H and O–H groups in total. The Bertz CT molecular complexity index is 421. The van der Waals surface area contributed by atoms with Gasteiger partial charge in [-0.05, 0) is 5.56 Å². The van der Waals surface area contributed by atoms with Gasteiger partial charge in [-0.1, -0.05) is 54.0 Å². The van der Waals surface area contributed by atoms with Crippen LogP contribution in [0.1, 0.15) is 5.56 Å². The topological polar surface area (TPSA) is 55.3 Å². The smallest absolute Gasteiger partial charge is 0.0613 e. The second-order valence-electron chi connectivity index (χ2n) is 3.75. The maximum atomic E-state index is 5.35. The van der Waals surface area contributed by atoms with Crippen molar-refractivity contribution in [1.29, 1.82) is 0 Å². The van der Waals surface area contributed by atoms with Gasteiger partial charge in [0.05, 0.1) is 26.2 Å². The van der Waals surface area contributed by atoms with Gasteiger partial charge in [-0.25, -0.2) is 0 Å². The van der Waals surface area contributed by atoms with E-state index in [2.05, 4.69) is 40.7 Å². The van der Waals surface area contributed by atoms with Crippen molar-refractivity contribution < 1.29 is 0 Å². The Morgan fingerprint density at radius 3 is 1.89 bits per heavy atom. The number of nitrogens with zero attached hydrogens (tertiary/aromatic N) is 1. The van der Waals surface area contributed by atoms with Crippen LogP contribution in [-0.2, 0) is 6.54 Å². The van der Waals surface area contributed by atoms with Crippen molar-refractivity contribution in [3.63, 3.8) is 0 Å². The molecule has 0 radical (unpaired) electrons. The van der Waals surface area contributed by atoms with E-state index >= 15 is 0 Å². The first-order valence-corrected chi connectivity index (χ1v) is 5.94. The first kappa shape index (κ1) is 14.3. The fourth-order valence-corrected chi connectivity index (χ4v) is 1.49. The van der Waals surface area contributed by atoms with E-state index in [1.807, 2.05) is 18.2 Å². The third kappa shape index (κ3) is 6.08. The average Bonchev–Trinajstić information content (AvgIpc) is 2.40. The quantitative estimate of drug-likeness (QED) is 0.751. The molecular weight excluding hydrogens is 222 g/mol. The van der Waals surface area contributed by atoms with Gasteiger partial charge in [0.25, 0.3) is 0 Å². The molecule has 0 aliphatic heterocycles. The molecule has 3 heteroatoms. The number of hydrogen-bond donors (Lipinski definition) is 2. The third-order valence-electron chi connectivity index (χ3n) is 2.31. The minimum Gasteiger partial charge on any atom is -0.320 e. The monoisotopic (exact) mass is 241 g/mol. The molecule has 0 atom stereocenters. The van der Waals surface area contributed by atoms with Crippen LogP contribution in [0.25, 0.3) is 0 Å². The zero-order valence-corrected chi connectivity index (χ0v) is 10.5. The van der Waals surface area contributed by atoms with E-state index < -0.39 is 0 Å². The minimum absolute atomic E-state index is 0.396. The van der Waals surface area contributed by atoms with Crippen LogP contribution in [0.3, 0.4) is 0 Å². The predicted octanol–water partition coefficient (Wildman–Crippen LogP) is 0.413. The Balaban J connectivity index is 2.58. The Morgan fingerprint density at radius 2 is 1.39 bits per heavy atom. The summed E-state index contributed by atoms with van der Waals surface area (Å²) in [6.07, 6.45) is 0. The number of rotatable bonds is 4. The fourth-order valence-electron chi connectivity index (χ4n) is 1.49. The van der Waals surface area contributed by atoms with Gasteiger partial charge in [0.15, 0.2) is 0 Å². The lowest BCUT2D eigenvalue weighted by atomic mass is 10.2. The molecule has 0 aromatic heterocycles. The van der Waals surface area contributed by atoms with E-state index in [9.17, 15) is 0 Å². The zero-order chi connectivity index (χ0) is 13.1. The summed E-state index contributed by atoms with van der Waals surface area (Å²) in [6, 6.07) is 10.3. The van der Waals surface area contributed by atoms with Crippen molar-refractivity contribution in [2.45, 2.75) is 6.54 Å². The largest absolute Gasteiger partial charge is 0.320 e. The average molecular weight is 241 g/mol. The van der Waals surface area contributed by atoms with Gasteiger partial charge in [-0.2, -0.15) is 0 Å². The third-order valence-corrected chi connectivity index (χ3v) is 2.31. The van der Waals surface area contributed by atoms with Crippen LogP contribution < -0.4 is 11.5 Å². The molecular formula is C15H19N3. The minimum atomic E-state index is 0.396. The van der Waals surface area contributed by atoms with Gasteiger partial charge in [0.2, 0.25) is 0 Å². The maximum Gasteiger partial charge on any atom is 0.0613 e. The van der Waals surface area contributed by atoms with Crippen molar-refractivity contribution in [1.82, 2.24) is 4.90 Å². The van der Waals surface area contributed by atoms with E-state index in [0.717, 1.165) is 6.54 Å². The molecule has 0 aliphatic carbocycles. The Morgan fingerprint density at radius 1 is 0.833 bits per heavy atom. The van der Waals surface area contributed by atoms with Gasteiger partial charge < -0.3 is 11.5 Å². The molecule has 1 aromatic rings. The van der Waals surface area contributed by atoms with Gasteiger partial charge in [0, 0.05) is 6.54 Å². The van der Waals surface area contributed by atoms with Crippen LogP contribution in [0.4, 0.5) is 0 Å². The summed E-state index contributed by atoms with van der Waals surface area (Å²) in [6.45, 7) is 2.97. The molecule has 0 saturated carbocycles. The molecule has 0 heterocycles. The van der Waals surface area contributed by atoms with E-state index in [4.69, 9.17) is 11.5 Å². The Kier molecular flexibility index (Phi) is 7.36. The van der Waals surface area contributed by atoms with Crippen molar-refractivity contribution in [3.8, 4) is 23.7 Å². The van der Waals surface area contributed by atoms with Crippen molar-refractivity contribution in [2.75, 3.05) is 26.2 Å². The molecule has 0 amide bonds. The molecule has 0 fully saturated rings. The van der Waals surface area contributed by atoms with Gasteiger partial charge >= 0.3 is 0 Å². The van der Waals surface area contributed by atoms with Crippen molar-refractivity contribution >= 4 is 0 Å². The summed E-state index contributed by atoms with van der Waals surface area (Å²) in [5, 5.41) is 0. The first-order chi connectivity index (χ1) is 8.86. The van der Waals surface area contributed by atoms with E-state index in [1.165, 1.54) is 5.56 Å². The Labute approximate surface area is 109 Å². The molecule has 0 aliphatic rings. The van der Waals surface area contributed by atoms with Crippen LogP contribution in [0.5, 0.6) is 0 Å². The molecule has 18 heavy (non-hydrogen) atoms. The standard InChI is InChI=1S/C15H19N3/c16-10-4-6-12-18(13-7-5-11-17)14-15-8-2-1-3-9-15/h1-3,8-9H,10-14,16-17H2. The van der Waals surface area contributed by atoms with Crippen LogP contribution in [0, 0.1) is 23.7 Å². The van der Waals surface area contributed by atoms with Gasteiger partial charge in [-0.15, -0.1) is 0 Å². The molecule has 3 nitrogen and oxygen atoms in total. The highest BCUT2D eigenvalue weighted by molar-refractivity contribution is 5.16. The summed E-state index contributed by atoms with van der Waals surface area (Å²) in [4.78, 5) is 2.17. The van der Waals surface area contributed by atoms with Crippen LogP contribution in [-0.4, -0.2) is 31.1 Å². The predicted molar refractivity (Wildman–Crippen MR) is 75.4 cm³/mol. The Hall–Kier alpha value is -1.78. The molecule has 94 valence electrons. The second kappa shape index (κ2) is 9.27. The number of hydrogen-bond acceptors (Lipinski definition) is 3. The zero-order valence-electron chi connectivity index (χ0n) is 10.5.